The highest BCUT2D eigenvalue weighted by atomic mass is 31.2. The zero-order valence-corrected chi connectivity index (χ0v) is 19.5. The number of benzene rings is 1. The van der Waals surface area contributed by atoms with E-state index in [4.69, 9.17) is 4.89 Å². The fraction of sp³-hybridized carbons (Fsp3) is 0.696. The van der Waals surface area contributed by atoms with Gasteiger partial charge in [0, 0.05) is 18.3 Å². The van der Waals surface area contributed by atoms with Crippen LogP contribution in [0.4, 0.5) is 5.69 Å². The van der Waals surface area contributed by atoms with E-state index in [1.165, 1.54) is 64.2 Å². The summed E-state index contributed by atoms with van der Waals surface area (Å²) in [6.45, 7) is 2.19. The molecule has 1 aliphatic carbocycles. The highest BCUT2D eigenvalue weighted by Crippen LogP contribution is 2.34. The van der Waals surface area contributed by atoms with Crippen LogP contribution in [0.3, 0.4) is 0 Å². The zero-order valence-electron chi connectivity index (χ0n) is 18.6. The molecule has 0 radical (unpaired) electrons. The number of quaternary nitrogens is 1. The second kappa shape index (κ2) is 15.6. The van der Waals surface area contributed by atoms with Gasteiger partial charge in [0.25, 0.3) is 0 Å². The average Bonchev–Trinajstić information content (AvgIpc) is 2.69. The molecule has 2 rings (SSSR count). The van der Waals surface area contributed by atoms with E-state index in [0.717, 1.165) is 18.9 Å². The van der Waals surface area contributed by atoms with Crippen LogP contribution in [0.15, 0.2) is 24.3 Å². The topological polar surface area (TPSA) is 117 Å². The van der Waals surface area contributed by atoms with Crippen LogP contribution in [0.5, 0.6) is 0 Å². The molecule has 1 aliphatic rings. The summed E-state index contributed by atoms with van der Waals surface area (Å²) in [6, 6.07) is 7.25. The molecule has 1 amide bonds. The molecule has 0 aliphatic heterocycles. The van der Waals surface area contributed by atoms with Gasteiger partial charge in [-0.1, -0.05) is 64.0 Å². The van der Waals surface area contributed by atoms with E-state index < -0.39 is 7.60 Å². The Kier molecular flexibility index (Phi) is 13.9. The third-order valence-electron chi connectivity index (χ3n) is 5.35. The van der Waals surface area contributed by atoms with Crippen LogP contribution < -0.4 is 15.9 Å². The molecule has 0 saturated heterocycles. The Morgan fingerprint density at radius 2 is 1.63 bits per heavy atom. The molecule has 1 aromatic rings. The summed E-state index contributed by atoms with van der Waals surface area (Å²) in [7, 11) is -4.30. The maximum Gasteiger partial charge on any atom is 0.224 e. The monoisotopic (exact) mass is 440 g/mol. The summed E-state index contributed by atoms with van der Waals surface area (Å²) in [5.74, 6) is -0.0250. The van der Waals surface area contributed by atoms with Gasteiger partial charge in [-0.2, -0.15) is 0 Å². The van der Waals surface area contributed by atoms with Crippen LogP contribution >= 0.6 is 7.60 Å². The van der Waals surface area contributed by atoms with Crippen molar-refractivity contribution in [3.63, 3.8) is 0 Å². The number of hydrogen-bond acceptors (Lipinski definition) is 3. The summed E-state index contributed by atoms with van der Waals surface area (Å²) < 4.78 is 10.8. The maximum absolute atomic E-state index is 11.8. The van der Waals surface area contributed by atoms with E-state index in [9.17, 15) is 14.3 Å². The molecule has 1 unspecified atom stereocenters. The predicted octanol–water partition coefficient (Wildman–Crippen LogP) is 4.37. The molecule has 1 aromatic carbocycles. The van der Waals surface area contributed by atoms with Crippen molar-refractivity contribution in [3.05, 3.63) is 29.8 Å². The molecule has 0 bridgehead atoms. The number of unbranched alkanes of at least 4 members (excludes halogenated alkanes) is 6. The van der Waals surface area contributed by atoms with Crippen molar-refractivity contribution >= 4 is 19.2 Å². The van der Waals surface area contributed by atoms with Crippen LogP contribution in [0.25, 0.3) is 0 Å². The first-order chi connectivity index (χ1) is 14.3. The molecule has 0 aromatic heterocycles. The molecule has 0 heterocycles. The Bertz CT molecular complexity index is 625. The molecule has 172 valence electrons. The van der Waals surface area contributed by atoms with Crippen LogP contribution in [0.2, 0.25) is 0 Å². The summed E-state index contributed by atoms with van der Waals surface area (Å²) in [5, 5.41) is 2.79. The normalized spacial score (nSPS) is 16.3. The van der Waals surface area contributed by atoms with E-state index >= 15 is 0 Å². The number of carbonyl (C=O) groups excluding carboxylic acids is 1. The lowest BCUT2D eigenvalue weighted by Crippen LogP contribution is -2.61. The van der Waals surface area contributed by atoms with Crippen LogP contribution in [-0.2, 0) is 15.5 Å². The third kappa shape index (κ3) is 14.7. The average molecular weight is 441 g/mol. The van der Waals surface area contributed by atoms with Crippen molar-refractivity contribution in [1.29, 1.82) is 0 Å². The first kappa shape index (κ1) is 26.8. The van der Waals surface area contributed by atoms with Crippen LogP contribution in [0.1, 0.15) is 96.0 Å². The first-order valence-electron chi connectivity index (χ1n) is 11.5. The van der Waals surface area contributed by atoms with E-state index in [-0.39, 0.29) is 12.1 Å². The number of hydrogen-bond donors (Lipinski definition) is 3. The fourth-order valence-corrected chi connectivity index (χ4v) is 4.25. The Morgan fingerprint density at radius 1 is 1.07 bits per heavy atom. The van der Waals surface area contributed by atoms with Gasteiger partial charge in [-0.15, -0.1) is 0 Å². The number of anilines is 1. The van der Waals surface area contributed by atoms with Gasteiger partial charge in [0.05, 0.1) is 6.04 Å². The molecule has 7 heteroatoms. The third-order valence-corrected chi connectivity index (χ3v) is 6.12. The van der Waals surface area contributed by atoms with Gasteiger partial charge in [-0.3, -0.25) is 4.79 Å². The van der Waals surface area contributed by atoms with Gasteiger partial charge in [-0.05, 0) is 49.8 Å². The lowest BCUT2D eigenvalue weighted by molar-refractivity contribution is -0.425. The van der Waals surface area contributed by atoms with Gasteiger partial charge >= 0.3 is 0 Å². The van der Waals surface area contributed by atoms with Crippen LogP contribution in [0, 0.1) is 0 Å². The molecule has 5 N–H and O–H groups in total. The Balaban J connectivity index is 0.000000539. The van der Waals surface area contributed by atoms with Gasteiger partial charge in [-0.25, -0.2) is 0 Å². The second-order valence-electron chi connectivity index (χ2n) is 8.42. The standard InChI is InChI=1S/C17H28NO4P.C6H13N/c1-2-3-4-5-6-7-8-9-17(19)18-16-12-10-15(11-13-16)14-23(20,21)22;7-6-4-2-1-3-5-6/h10-13H,2-9,14H2,1H3,(H,18,19)(H2,20,21,22);6H,1-5,7H2. The molecule has 0 spiro atoms. The highest BCUT2D eigenvalue weighted by Gasteiger charge is 2.09. The van der Waals surface area contributed by atoms with Gasteiger partial charge in [0.15, 0.2) is 0 Å². The van der Waals surface area contributed by atoms with Crippen molar-refractivity contribution in [2.45, 2.75) is 103 Å². The molecule has 1 saturated carbocycles. The Labute approximate surface area is 182 Å². The minimum atomic E-state index is -4.30. The van der Waals surface area contributed by atoms with Gasteiger partial charge < -0.3 is 25.4 Å². The quantitative estimate of drug-likeness (QED) is 0.350. The minimum absolute atomic E-state index is 0.0250. The molecule has 6 nitrogen and oxygen atoms in total. The summed E-state index contributed by atoms with van der Waals surface area (Å²) in [6.07, 6.45) is 15.4. The fourth-order valence-electron chi connectivity index (χ4n) is 3.58. The largest absolute Gasteiger partial charge is 0.778 e. The minimum Gasteiger partial charge on any atom is -0.778 e. The molecular weight excluding hydrogens is 399 g/mol. The van der Waals surface area contributed by atoms with Crippen molar-refractivity contribution < 1.29 is 24.9 Å². The first-order valence-corrected chi connectivity index (χ1v) is 13.3. The van der Waals surface area contributed by atoms with Gasteiger partial charge in [0.1, 0.15) is 7.60 Å². The Morgan fingerprint density at radius 3 is 2.13 bits per heavy atom. The lowest BCUT2D eigenvalue weighted by Gasteiger charge is -2.15. The predicted molar refractivity (Wildman–Crippen MR) is 121 cm³/mol. The smallest absolute Gasteiger partial charge is 0.224 e. The summed E-state index contributed by atoms with van der Waals surface area (Å²) in [5.41, 5.74) is 5.13. The van der Waals surface area contributed by atoms with E-state index in [1.807, 2.05) is 0 Å². The number of rotatable bonds is 11. The molecule has 1 atom stereocenters. The van der Waals surface area contributed by atoms with Crippen molar-refractivity contribution in [2.24, 2.45) is 0 Å². The van der Waals surface area contributed by atoms with E-state index in [2.05, 4.69) is 18.0 Å². The highest BCUT2D eigenvalue weighted by molar-refractivity contribution is 7.49. The zero-order chi connectivity index (χ0) is 22.2. The van der Waals surface area contributed by atoms with Crippen molar-refractivity contribution in [2.75, 3.05) is 5.32 Å². The van der Waals surface area contributed by atoms with E-state index in [0.29, 0.717) is 17.7 Å². The van der Waals surface area contributed by atoms with Crippen molar-refractivity contribution in [1.82, 2.24) is 0 Å². The molecule has 1 fully saturated rings. The summed E-state index contributed by atoms with van der Waals surface area (Å²) in [4.78, 5) is 31.4. The lowest BCUT2D eigenvalue weighted by atomic mass is 9.97. The molecular formula is C23H41N2O4P. The van der Waals surface area contributed by atoms with Crippen LogP contribution in [-0.4, -0.2) is 16.8 Å². The SMILES string of the molecule is CCCCCCCCCC(=O)Nc1ccc(CP(=O)([O-])O)cc1.[NH3+]C1CCCCC1. The maximum atomic E-state index is 11.8. The van der Waals surface area contributed by atoms with Crippen molar-refractivity contribution in [3.8, 4) is 0 Å². The van der Waals surface area contributed by atoms with Gasteiger partial charge in [0.2, 0.25) is 5.91 Å². The second-order valence-corrected chi connectivity index (χ2v) is 10.0. The number of nitrogens with one attached hydrogen (secondary N) is 1. The van der Waals surface area contributed by atoms with E-state index in [1.54, 1.807) is 24.3 Å². The number of amides is 1. The summed E-state index contributed by atoms with van der Waals surface area (Å²) >= 11 is 0. The molecule has 30 heavy (non-hydrogen) atoms. The Hall–Kier alpha value is -1.20. The number of carbonyl (C=O) groups is 1.